The number of ether oxygens (including phenoxy) is 2. The zero-order chi connectivity index (χ0) is 18.4. The molecule has 1 aromatic heterocycles. The molecule has 0 aliphatic heterocycles. The number of rotatable bonds is 7. The van der Waals surface area contributed by atoms with Crippen molar-refractivity contribution in [3.63, 3.8) is 0 Å². The number of carbonyl (C=O) groups is 3. The third kappa shape index (κ3) is 5.20. The molecule has 2 amide bonds. The molecule has 0 aliphatic carbocycles. The SMILES string of the molecule is COc1ccc(Cl)cc1CC(=O)OCC(=O)Nc1sccc1C(N)=O. The average molecular weight is 383 g/mol. The number of methoxy groups -OCH3 is 1. The molecule has 0 bridgehead atoms. The Balaban J connectivity index is 1.89. The lowest BCUT2D eigenvalue weighted by Crippen LogP contribution is -2.23. The monoisotopic (exact) mass is 382 g/mol. The summed E-state index contributed by atoms with van der Waals surface area (Å²) in [6, 6.07) is 6.37. The van der Waals surface area contributed by atoms with Crippen LogP contribution in [0.25, 0.3) is 0 Å². The smallest absolute Gasteiger partial charge is 0.310 e. The normalized spacial score (nSPS) is 10.2. The minimum Gasteiger partial charge on any atom is -0.496 e. The van der Waals surface area contributed by atoms with Crippen LogP contribution in [0.2, 0.25) is 5.02 Å². The summed E-state index contributed by atoms with van der Waals surface area (Å²) in [5, 5.41) is 4.86. The summed E-state index contributed by atoms with van der Waals surface area (Å²) in [4.78, 5) is 34.9. The summed E-state index contributed by atoms with van der Waals surface area (Å²) in [6.07, 6.45) is -0.0947. The van der Waals surface area contributed by atoms with Gasteiger partial charge in [-0.25, -0.2) is 0 Å². The molecule has 0 fully saturated rings. The van der Waals surface area contributed by atoms with Gasteiger partial charge in [-0.2, -0.15) is 0 Å². The van der Waals surface area contributed by atoms with Gasteiger partial charge in [-0.3, -0.25) is 14.4 Å². The van der Waals surface area contributed by atoms with E-state index in [-0.39, 0.29) is 12.0 Å². The molecule has 0 aliphatic rings. The van der Waals surface area contributed by atoms with E-state index < -0.39 is 24.4 Å². The Morgan fingerprint density at radius 3 is 2.72 bits per heavy atom. The van der Waals surface area contributed by atoms with Crippen molar-refractivity contribution in [3.8, 4) is 5.75 Å². The topological polar surface area (TPSA) is 108 Å². The van der Waals surface area contributed by atoms with E-state index in [2.05, 4.69) is 5.32 Å². The van der Waals surface area contributed by atoms with Crippen LogP contribution in [0.4, 0.5) is 5.00 Å². The average Bonchev–Trinajstić information content (AvgIpc) is 3.01. The molecule has 7 nitrogen and oxygen atoms in total. The Kier molecular flexibility index (Phi) is 6.37. The van der Waals surface area contributed by atoms with Crippen molar-refractivity contribution in [2.45, 2.75) is 6.42 Å². The van der Waals surface area contributed by atoms with E-state index in [4.69, 9.17) is 26.8 Å². The van der Waals surface area contributed by atoms with Crippen molar-refractivity contribution in [1.29, 1.82) is 0 Å². The van der Waals surface area contributed by atoms with Crippen molar-refractivity contribution >= 4 is 45.7 Å². The fourth-order valence-corrected chi connectivity index (χ4v) is 3.00. The number of thiophene rings is 1. The summed E-state index contributed by atoms with van der Waals surface area (Å²) >= 11 is 7.04. The molecule has 0 spiro atoms. The second kappa shape index (κ2) is 8.50. The van der Waals surface area contributed by atoms with Crippen LogP contribution >= 0.6 is 22.9 Å². The van der Waals surface area contributed by atoms with Gasteiger partial charge in [-0.15, -0.1) is 11.3 Å². The highest BCUT2D eigenvalue weighted by atomic mass is 35.5. The third-order valence-corrected chi connectivity index (χ3v) is 4.19. The molecule has 0 saturated carbocycles. The number of anilines is 1. The summed E-state index contributed by atoms with van der Waals surface area (Å²) < 4.78 is 10.1. The maximum atomic E-state index is 11.9. The molecule has 0 radical (unpaired) electrons. The molecule has 3 N–H and O–H groups in total. The molecule has 0 unspecified atom stereocenters. The maximum Gasteiger partial charge on any atom is 0.310 e. The highest BCUT2D eigenvalue weighted by Gasteiger charge is 2.15. The van der Waals surface area contributed by atoms with Crippen LogP contribution < -0.4 is 15.8 Å². The van der Waals surface area contributed by atoms with E-state index in [1.807, 2.05) is 0 Å². The largest absolute Gasteiger partial charge is 0.496 e. The zero-order valence-corrected chi connectivity index (χ0v) is 14.8. The van der Waals surface area contributed by atoms with Crippen molar-refractivity contribution in [2.24, 2.45) is 5.73 Å². The summed E-state index contributed by atoms with van der Waals surface area (Å²) in [5.41, 5.74) is 5.94. The van der Waals surface area contributed by atoms with Crippen molar-refractivity contribution in [2.75, 3.05) is 19.0 Å². The van der Waals surface area contributed by atoms with E-state index in [9.17, 15) is 14.4 Å². The lowest BCUT2D eigenvalue weighted by Gasteiger charge is -2.09. The second-order valence-electron chi connectivity index (χ2n) is 4.87. The molecular formula is C16H15ClN2O5S. The molecule has 2 aromatic rings. The molecule has 9 heteroatoms. The standard InChI is InChI=1S/C16H15ClN2O5S/c1-23-12-3-2-10(17)6-9(12)7-14(21)24-8-13(20)19-16-11(15(18)22)4-5-25-16/h2-6H,7-8H2,1H3,(H2,18,22)(H,19,20). The Morgan fingerprint density at radius 2 is 2.04 bits per heavy atom. The van der Waals surface area contributed by atoms with Crippen LogP contribution in [-0.4, -0.2) is 31.5 Å². The predicted molar refractivity (Wildman–Crippen MR) is 94.1 cm³/mol. The van der Waals surface area contributed by atoms with Crippen molar-refractivity contribution in [1.82, 2.24) is 0 Å². The summed E-state index contributed by atoms with van der Waals surface area (Å²) in [7, 11) is 1.48. The van der Waals surface area contributed by atoms with E-state index in [1.165, 1.54) is 13.2 Å². The van der Waals surface area contributed by atoms with Gasteiger partial charge in [0.1, 0.15) is 10.8 Å². The molecule has 2 rings (SSSR count). The minimum absolute atomic E-state index is 0.0947. The number of amides is 2. The highest BCUT2D eigenvalue weighted by molar-refractivity contribution is 7.14. The van der Waals surface area contributed by atoms with Gasteiger partial charge in [0.25, 0.3) is 11.8 Å². The molecule has 1 heterocycles. The van der Waals surface area contributed by atoms with Crippen LogP contribution in [0, 0.1) is 0 Å². The van der Waals surface area contributed by atoms with E-state index in [0.29, 0.717) is 21.3 Å². The first-order valence-electron chi connectivity index (χ1n) is 7.06. The molecule has 0 saturated heterocycles. The fourth-order valence-electron chi connectivity index (χ4n) is 2.00. The van der Waals surface area contributed by atoms with Gasteiger partial charge < -0.3 is 20.5 Å². The molecule has 1 aromatic carbocycles. The number of benzene rings is 1. The van der Waals surface area contributed by atoms with Crippen LogP contribution in [-0.2, 0) is 20.7 Å². The van der Waals surface area contributed by atoms with Gasteiger partial charge in [0.2, 0.25) is 0 Å². The van der Waals surface area contributed by atoms with E-state index in [1.54, 1.807) is 23.6 Å². The number of nitrogens with one attached hydrogen (secondary N) is 1. The highest BCUT2D eigenvalue weighted by Crippen LogP contribution is 2.24. The molecule has 25 heavy (non-hydrogen) atoms. The number of halogens is 1. The summed E-state index contributed by atoms with van der Waals surface area (Å²) in [6.45, 7) is -0.488. The van der Waals surface area contributed by atoms with Gasteiger partial charge in [-0.1, -0.05) is 11.6 Å². The lowest BCUT2D eigenvalue weighted by molar-refractivity contribution is -0.146. The van der Waals surface area contributed by atoms with Crippen LogP contribution in [0.5, 0.6) is 5.75 Å². The molecule has 132 valence electrons. The molecular weight excluding hydrogens is 368 g/mol. The van der Waals surface area contributed by atoms with Gasteiger partial charge in [0, 0.05) is 10.6 Å². The van der Waals surface area contributed by atoms with Gasteiger partial charge in [0.05, 0.1) is 19.1 Å². The lowest BCUT2D eigenvalue weighted by atomic mass is 10.1. The number of hydrogen-bond donors (Lipinski definition) is 2. The quantitative estimate of drug-likeness (QED) is 0.714. The Hall–Kier alpha value is -2.58. The van der Waals surface area contributed by atoms with Gasteiger partial charge >= 0.3 is 5.97 Å². The van der Waals surface area contributed by atoms with Crippen LogP contribution in [0.3, 0.4) is 0 Å². The van der Waals surface area contributed by atoms with E-state index >= 15 is 0 Å². The number of hydrogen-bond acceptors (Lipinski definition) is 6. The maximum absolute atomic E-state index is 11.9. The third-order valence-electron chi connectivity index (χ3n) is 3.13. The Labute approximate surface area is 152 Å². The van der Waals surface area contributed by atoms with Crippen molar-refractivity contribution in [3.05, 3.63) is 45.8 Å². The van der Waals surface area contributed by atoms with E-state index in [0.717, 1.165) is 11.3 Å². The second-order valence-corrected chi connectivity index (χ2v) is 6.22. The zero-order valence-electron chi connectivity index (χ0n) is 13.2. The predicted octanol–water partition coefficient (Wildman–Crippen LogP) is 2.23. The van der Waals surface area contributed by atoms with Crippen LogP contribution in [0.1, 0.15) is 15.9 Å². The number of nitrogens with two attached hydrogens (primary N) is 1. The fraction of sp³-hybridized carbons (Fsp3) is 0.188. The number of esters is 1. The Bertz CT molecular complexity index is 806. The van der Waals surface area contributed by atoms with Gasteiger partial charge in [0.15, 0.2) is 6.61 Å². The number of carbonyl (C=O) groups excluding carboxylic acids is 3. The first kappa shape index (κ1) is 18.8. The minimum atomic E-state index is -0.651. The Morgan fingerprint density at radius 1 is 1.28 bits per heavy atom. The first-order chi connectivity index (χ1) is 11.9. The van der Waals surface area contributed by atoms with Crippen molar-refractivity contribution < 1.29 is 23.9 Å². The van der Waals surface area contributed by atoms with Crippen LogP contribution in [0.15, 0.2) is 29.6 Å². The molecule has 0 atom stereocenters. The number of primary amides is 1. The summed E-state index contributed by atoms with van der Waals surface area (Å²) in [5.74, 6) is -1.34. The first-order valence-corrected chi connectivity index (χ1v) is 8.31. The van der Waals surface area contributed by atoms with Gasteiger partial charge in [-0.05, 0) is 29.6 Å².